The summed E-state index contributed by atoms with van der Waals surface area (Å²) in [6.45, 7) is 3.55. The standard InChI is InChI=1S/C18H19N3O5S2/c1-18(2)13(17(25)26)21-15(24)10(16(21)27-18)19-14(23)11-12(22)8-6-4-5-7-9(8)28-20(11)3/h4-7,10,13,16,22H,1-3H3,(H,19,23)(H,25,26)/t10-,13+,16-/m1/s1. The van der Waals surface area contributed by atoms with Gasteiger partial charge in [0, 0.05) is 22.3 Å². The zero-order valence-corrected chi connectivity index (χ0v) is 17.0. The van der Waals surface area contributed by atoms with Gasteiger partial charge in [0.25, 0.3) is 5.91 Å². The molecule has 2 saturated heterocycles. The third kappa shape index (κ3) is 2.66. The average Bonchev–Trinajstić information content (AvgIpc) is 2.88. The Kier molecular flexibility index (Phi) is 4.31. The first-order valence-corrected chi connectivity index (χ1v) is 10.3. The van der Waals surface area contributed by atoms with Crippen LogP contribution in [0.1, 0.15) is 19.4 Å². The molecule has 0 bridgehead atoms. The van der Waals surface area contributed by atoms with Gasteiger partial charge in [-0.1, -0.05) is 12.1 Å². The minimum atomic E-state index is -1.06. The molecule has 28 heavy (non-hydrogen) atoms. The predicted molar refractivity (Wildman–Crippen MR) is 105 cm³/mol. The molecule has 3 aliphatic heterocycles. The highest BCUT2D eigenvalue weighted by Gasteiger charge is 2.64. The smallest absolute Gasteiger partial charge is 0.327 e. The normalized spacial score (nSPS) is 27.8. The van der Waals surface area contributed by atoms with Gasteiger partial charge < -0.3 is 24.7 Å². The molecule has 3 N–H and O–H groups in total. The van der Waals surface area contributed by atoms with Gasteiger partial charge in [-0.15, -0.1) is 11.8 Å². The van der Waals surface area contributed by atoms with Crippen LogP contribution in [0.25, 0.3) is 5.76 Å². The molecule has 0 radical (unpaired) electrons. The SMILES string of the molecule is CN1Sc2ccccc2C(O)=C1C(=O)N[C@@H]1C(=O)N2[C@@H]1SC(C)(C)[C@@H]2C(=O)O. The second kappa shape index (κ2) is 6.35. The second-order valence-corrected chi connectivity index (χ2v) is 10.3. The number of carbonyl (C=O) groups excluding carboxylic acids is 2. The van der Waals surface area contributed by atoms with Gasteiger partial charge in [-0.25, -0.2) is 4.79 Å². The minimum absolute atomic E-state index is 0.0620. The molecule has 0 aromatic heterocycles. The topological polar surface area (TPSA) is 110 Å². The number of hydrogen-bond acceptors (Lipinski definition) is 7. The van der Waals surface area contributed by atoms with E-state index in [0.717, 1.165) is 4.90 Å². The Morgan fingerprint density at radius 1 is 1.25 bits per heavy atom. The summed E-state index contributed by atoms with van der Waals surface area (Å²) in [5.41, 5.74) is 0.617. The van der Waals surface area contributed by atoms with Crippen molar-refractivity contribution in [1.82, 2.24) is 14.5 Å². The zero-order valence-electron chi connectivity index (χ0n) is 15.4. The zero-order chi connectivity index (χ0) is 20.4. The summed E-state index contributed by atoms with van der Waals surface area (Å²) in [6, 6.07) is 5.43. The van der Waals surface area contributed by atoms with Crippen molar-refractivity contribution in [3.63, 3.8) is 0 Å². The third-order valence-corrected chi connectivity index (χ3v) is 7.67. The van der Waals surface area contributed by atoms with E-state index in [2.05, 4.69) is 5.32 Å². The van der Waals surface area contributed by atoms with E-state index in [9.17, 15) is 24.6 Å². The Labute approximate surface area is 170 Å². The van der Waals surface area contributed by atoms with Crippen LogP contribution in [0.5, 0.6) is 0 Å². The summed E-state index contributed by atoms with van der Waals surface area (Å²) < 4.78 is 0.892. The molecule has 10 heteroatoms. The molecule has 1 aromatic carbocycles. The summed E-state index contributed by atoms with van der Waals surface area (Å²) in [5, 5.41) is 22.3. The van der Waals surface area contributed by atoms with Gasteiger partial charge in [0.2, 0.25) is 5.91 Å². The molecule has 0 saturated carbocycles. The number of carboxylic acid groups (broad SMARTS) is 1. The lowest BCUT2D eigenvalue weighted by molar-refractivity contribution is -0.160. The summed E-state index contributed by atoms with van der Waals surface area (Å²) in [7, 11) is 1.66. The van der Waals surface area contributed by atoms with Crippen molar-refractivity contribution >= 4 is 47.3 Å². The van der Waals surface area contributed by atoms with Crippen molar-refractivity contribution in [3.8, 4) is 0 Å². The number of benzene rings is 1. The number of amides is 2. The summed E-state index contributed by atoms with van der Waals surface area (Å²) in [6.07, 6.45) is 0. The Hall–Kier alpha value is -2.33. The lowest BCUT2D eigenvalue weighted by atomic mass is 9.96. The molecule has 148 valence electrons. The highest BCUT2D eigenvalue weighted by atomic mass is 32.2. The first-order chi connectivity index (χ1) is 13.1. The Morgan fingerprint density at radius 3 is 2.61 bits per heavy atom. The molecular formula is C18H19N3O5S2. The fourth-order valence-corrected chi connectivity index (χ4v) is 6.40. The molecule has 3 heterocycles. The molecule has 0 unspecified atom stereocenters. The number of nitrogens with one attached hydrogen (secondary N) is 1. The van der Waals surface area contributed by atoms with Gasteiger partial charge in [-0.2, -0.15) is 0 Å². The van der Waals surface area contributed by atoms with E-state index in [1.807, 2.05) is 12.1 Å². The van der Waals surface area contributed by atoms with Crippen molar-refractivity contribution in [1.29, 1.82) is 0 Å². The number of fused-ring (bicyclic) bond motifs is 2. The summed E-state index contributed by atoms with van der Waals surface area (Å²) in [4.78, 5) is 39.2. The number of aliphatic hydroxyl groups is 1. The highest BCUT2D eigenvalue weighted by Crippen LogP contribution is 2.51. The average molecular weight is 422 g/mol. The number of carboxylic acids is 1. The lowest BCUT2D eigenvalue weighted by Crippen LogP contribution is -2.70. The molecule has 8 nitrogen and oxygen atoms in total. The number of aliphatic carboxylic acids is 1. The van der Waals surface area contributed by atoms with Crippen LogP contribution in [0.3, 0.4) is 0 Å². The van der Waals surface area contributed by atoms with E-state index in [4.69, 9.17) is 0 Å². The van der Waals surface area contributed by atoms with E-state index >= 15 is 0 Å². The van der Waals surface area contributed by atoms with Gasteiger partial charge in [0.05, 0.1) is 0 Å². The number of nitrogens with zero attached hydrogens (tertiary/aromatic N) is 2. The Morgan fingerprint density at radius 2 is 1.93 bits per heavy atom. The maximum Gasteiger partial charge on any atom is 0.327 e. The molecule has 2 amide bonds. The fraction of sp³-hybridized carbons (Fsp3) is 0.389. The van der Waals surface area contributed by atoms with E-state index in [1.165, 1.54) is 28.6 Å². The molecular weight excluding hydrogens is 402 g/mol. The van der Waals surface area contributed by atoms with E-state index in [0.29, 0.717) is 5.56 Å². The first kappa shape index (κ1) is 19.0. The summed E-state index contributed by atoms with van der Waals surface area (Å²) in [5.74, 6) is -2.20. The van der Waals surface area contributed by atoms with Crippen molar-refractivity contribution in [2.45, 2.75) is 40.9 Å². The fourth-order valence-electron chi connectivity index (χ4n) is 3.82. The van der Waals surface area contributed by atoms with Gasteiger partial charge in [-0.05, 0) is 37.9 Å². The first-order valence-electron chi connectivity index (χ1n) is 8.61. The number of carbonyl (C=O) groups is 3. The van der Waals surface area contributed by atoms with Gasteiger partial charge in [-0.3, -0.25) is 9.59 Å². The maximum atomic E-state index is 12.9. The Bertz CT molecular complexity index is 932. The van der Waals surface area contributed by atoms with Gasteiger partial charge in [0.15, 0.2) is 11.5 Å². The second-order valence-electron chi connectivity index (χ2n) is 7.33. The number of hydrogen-bond donors (Lipinski definition) is 3. The molecule has 4 rings (SSSR count). The van der Waals surface area contributed by atoms with Crippen molar-refractivity contribution in [2.75, 3.05) is 7.05 Å². The van der Waals surface area contributed by atoms with Crippen LogP contribution in [0.2, 0.25) is 0 Å². The molecule has 1 aromatic rings. The van der Waals surface area contributed by atoms with Gasteiger partial charge in [0.1, 0.15) is 17.5 Å². The molecule has 3 aliphatic rings. The van der Waals surface area contributed by atoms with Crippen molar-refractivity contribution < 1.29 is 24.6 Å². The monoisotopic (exact) mass is 421 g/mol. The molecule has 3 atom stereocenters. The van der Waals surface area contributed by atoms with Crippen LogP contribution in [0.15, 0.2) is 34.9 Å². The Balaban J connectivity index is 1.57. The van der Waals surface area contributed by atoms with E-state index < -0.39 is 40.0 Å². The van der Waals surface area contributed by atoms with E-state index in [-0.39, 0.29) is 11.5 Å². The summed E-state index contributed by atoms with van der Waals surface area (Å²) >= 11 is 2.66. The molecule has 0 spiro atoms. The van der Waals surface area contributed by atoms with Crippen molar-refractivity contribution in [3.05, 3.63) is 35.5 Å². The van der Waals surface area contributed by atoms with Crippen LogP contribution >= 0.6 is 23.7 Å². The van der Waals surface area contributed by atoms with Crippen LogP contribution in [-0.2, 0) is 14.4 Å². The van der Waals surface area contributed by atoms with Crippen LogP contribution in [0.4, 0.5) is 0 Å². The number of β-lactam (4-membered cyclic amide) rings is 1. The number of likely N-dealkylation sites (N-methyl/N-ethyl adjacent to an activating group) is 1. The van der Waals surface area contributed by atoms with Crippen LogP contribution in [0, 0.1) is 0 Å². The third-order valence-electron chi connectivity index (χ3n) is 5.09. The number of thioether (sulfide) groups is 1. The van der Waals surface area contributed by atoms with E-state index in [1.54, 1.807) is 37.3 Å². The highest BCUT2D eigenvalue weighted by molar-refractivity contribution is 8.01. The minimum Gasteiger partial charge on any atom is -0.505 e. The largest absolute Gasteiger partial charge is 0.505 e. The van der Waals surface area contributed by atoms with Crippen LogP contribution in [-0.4, -0.2) is 66.5 Å². The molecule has 0 aliphatic carbocycles. The number of rotatable bonds is 3. The molecule has 2 fully saturated rings. The van der Waals surface area contributed by atoms with Crippen molar-refractivity contribution in [2.24, 2.45) is 0 Å². The maximum absolute atomic E-state index is 12.9. The lowest BCUT2D eigenvalue weighted by Gasteiger charge is -2.43. The van der Waals surface area contributed by atoms with Crippen LogP contribution < -0.4 is 5.32 Å². The predicted octanol–water partition coefficient (Wildman–Crippen LogP) is 1.50. The number of aliphatic hydroxyl groups excluding tert-OH is 1. The quantitative estimate of drug-likeness (QED) is 0.498. The van der Waals surface area contributed by atoms with Gasteiger partial charge >= 0.3 is 5.97 Å².